The van der Waals surface area contributed by atoms with Gasteiger partial charge in [0.25, 0.3) is 0 Å². The molecule has 0 saturated carbocycles. The highest BCUT2D eigenvalue weighted by molar-refractivity contribution is 5.89. The van der Waals surface area contributed by atoms with E-state index in [1.54, 1.807) is 0 Å². The highest BCUT2D eigenvalue weighted by Crippen LogP contribution is 2.48. The van der Waals surface area contributed by atoms with E-state index in [0.717, 1.165) is 19.3 Å². The zero-order valence-electron chi connectivity index (χ0n) is 15.5. The van der Waals surface area contributed by atoms with Crippen LogP contribution in [0.5, 0.6) is 0 Å². The second-order valence-corrected chi connectivity index (χ2v) is 7.62. The Kier molecular flexibility index (Phi) is 8.01. The third-order valence-electron chi connectivity index (χ3n) is 5.45. The van der Waals surface area contributed by atoms with Crippen molar-refractivity contribution in [1.82, 2.24) is 0 Å². The Bertz CT molecular complexity index is 423. The lowest BCUT2D eigenvalue weighted by atomic mass is 9.66. The summed E-state index contributed by atoms with van der Waals surface area (Å²) in [4.78, 5) is 24.2. The van der Waals surface area contributed by atoms with Gasteiger partial charge in [-0.2, -0.15) is 0 Å². The molecule has 0 fully saturated rings. The second kappa shape index (κ2) is 9.24. The number of ether oxygens (including phenoxy) is 1. The van der Waals surface area contributed by atoms with Gasteiger partial charge in [-0.1, -0.05) is 78.4 Å². The van der Waals surface area contributed by atoms with Gasteiger partial charge in [0.1, 0.15) is 0 Å². The molecule has 1 aliphatic rings. The number of esters is 1. The van der Waals surface area contributed by atoms with Crippen molar-refractivity contribution in [1.29, 1.82) is 0 Å². The summed E-state index contributed by atoms with van der Waals surface area (Å²) in [5, 5.41) is 0. The quantitative estimate of drug-likeness (QED) is 0.297. The van der Waals surface area contributed by atoms with E-state index in [1.807, 2.05) is 6.92 Å². The largest absolute Gasteiger partial charge is 0.458 e. The Labute approximate surface area is 141 Å². The van der Waals surface area contributed by atoms with Crippen LogP contribution in [0.25, 0.3) is 0 Å². The van der Waals surface area contributed by atoms with Crippen LogP contribution in [-0.4, -0.2) is 18.4 Å². The van der Waals surface area contributed by atoms with Crippen molar-refractivity contribution in [3.05, 3.63) is 12.2 Å². The van der Waals surface area contributed by atoms with Gasteiger partial charge in [-0.15, -0.1) is 0 Å². The van der Waals surface area contributed by atoms with E-state index in [4.69, 9.17) is 4.74 Å². The lowest BCUT2D eigenvalue weighted by Crippen LogP contribution is -2.40. The molecule has 0 aliphatic heterocycles. The summed E-state index contributed by atoms with van der Waals surface area (Å²) in [6.07, 6.45) is 13.5. The summed E-state index contributed by atoms with van der Waals surface area (Å²) in [6, 6.07) is 0. The maximum atomic E-state index is 12.4. The van der Waals surface area contributed by atoms with Crippen LogP contribution >= 0.6 is 0 Å². The van der Waals surface area contributed by atoms with Gasteiger partial charge in [0.2, 0.25) is 0 Å². The van der Waals surface area contributed by atoms with Crippen LogP contribution in [0.15, 0.2) is 12.2 Å². The molecule has 0 unspecified atom stereocenters. The number of carbonyl (C=O) groups excluding carboxylic acids is 2. The lowest BCUT2D eigenvalue weighted by molar-refractivity contribution is -0.152. The van der Waals surface area contributed by atoms with Crippen LogP contribution in [0.2, 0.25) is 0 Å². The van der Waals surface area contributed by atoms with Crippen molar-refractivity contribution < 1.29 is 14.3 Å². The summed E-state index contributed by atoms with van der Waals surface area (Å²) in [5.41, 5.74) is -0.623. The molecule has 1 rings (SSSR count). The van der Waals surface area contributed by atoms with Crippen LogP contribution < -0.4 is 0 Å². The number of carbonyl (C=O) groups is 2. The molecular formula is C20H34O3. The van der Waals surface area contributed by atoms with Gasteiger partial charge in [0, 0.05) is 11.8 Å². The first-order chi connectivity index (χ1) is 10.8. The molecule has 0 N–H and O–H groups in total. The van der Waals surface area contributed by atoms with Crippen LogP contribution in [0, 0.1) is 10.8 Å². The number of ketones is 1. The van der Waals surface area contributed by atoms with Crippen LogP contribution in [0.3, 0.4) is 0 Å². The Morgan fingerprint density at radius 3 is 2.17 bits per heavy atom. The molecule has 1 aliphatic carbocycles. The van der Waals surface area contributed by atoms with E-state index in [-0.39, 0.29) is 23.8 Å². The summed E-state index contributed by atoms with van der Waals surface area (Å²) in [6.45, 7) is 8.22. The van der Waals surface area contributed by atoms with Crippen LogP contribution in [0.1, 0.15) is 85.5 Å². The first-order valence-corrected chi connectivity index (χ1v) is 9.20. The van der Waals surface area contributed by atoms with Gasteiger partial charge >= 0.3 is 5.97 Å². The van der Waals surface area contributed by atoms with Gasteiger partial charge in [0.05, 0.1) is 0 Å². The van der Waals surface area contributed by atoms with Crippen molar-refractivity contribution in [3.8, 4) is 0 Å². The number of rotatable bonds is 11. The monoisotopic (exact) mass is 322 g/mol. The Hall–Kier alpha value is -1.12. The average molecular weight is 322 g/mol. The molecular weight excluding hydrogens is 288 g/mol. The maximum absolute atomic E-state index is 12.4. The van der Waals surface area contributed by atoms with Gasteiger partial charge < -0.3 is 4.74 Å². The smallest absolute Gasteiger partial charge is 0.306 e. The topological polar surface area (TPSA) is 43.4 Å². The fourth-order valence-corrected chi connectivity index (χ4v) is 3.11. The molecule has 0 aromatic rings. The standard InChI is InChI=1S/C20H34O3/c1-5-6-7-8-9-10-11-13-18(22)23-16-17(21)20(4)15-12-14-19(20,2)3/h12,14H,5-11,13,15-16H2,1-4H3/t20-/m0/s1. The van der Waals surface area contributed by atoms with Crippen molar-refractivity contribution in [2.75, 3.05) is 6.61 Å². The van der Waals surface area contributed by atoms with Gasteiger partial charge in [-0.25, -0.2) is 0 Å². The Morgan fingerprint density at radius 2 is 1.61 bits per heavy atom. The molecule has 132 valence electrons. The van der Waals surface area contributed by atoms with Gasteiger partial charge in [0.15, 0.2) is 12.4 Å². The molecule has 0 radical (unpaired) electrons. The van der Waals surface area contributed by atoms with E-state index in [2.05, 4.69) is 32.9 Å². The summed E-state index contributed by atoms with van der Waals surface area (Å²) in [7, 11) is 0. The molecule has 3 nitrogen and oxygen atoms in total. The Morgan fingerprint density at radius 1 is 1.00 bits per heavy atom. The normalized spacial score (nSPS) is 22.3. The summed E-state index contributed by atoms with van der Waals surface area (Å²) in [5.74, 6) is -0.209. The number of hydrogen-bond donors (Lipinski definition) is 0. The van der Waals surface area contributed by atoms with Crippen LogP contribution in [0.4, 0.5) is 0 Å². The predicted molar refractivity (Wildman–Crippen MR) is 94.2 cm³/mol. The number of allylic oxidation sites excluding steroid dienone is 2. The maximum Gasteiger partial charge on any atom is 0.306 e. The van der Waals surface area contributed by atoms with E-state index < -0.39 is 5.41 Å². The van der Waals surface area contributed by atoms with Gasteiger partial charge in [-0.05, 0) is 18.3 Å². The third-order valence-corrected chi connectivity index (χ3v) is 5.45. The van der Waals surface area contributed by atoms with E-state index in [1.165, 1.54) is 32.1 Å². The highest BCUT2D eigenvalue weighted by Gasteiger charge is 2.47. The zero-order chi connectivity index (χ0) is 17.3. The number of Topliss-reactive ketones (excluding diaryl/α,β-unsaturated/α-hetero) is 1. The fourth-order valence-electron chi connectivity index (χ4n) is 3.11. The summed E-state index contributed by atoms with van der Waals surface area (Å²) >= 11 is 0. The fraction of sp³-hybridized carbons (Fsp3) is 0.800. The number of unbranched alkanes of at least 4 members (excludes halogenated alkanes) is 6. The minimum atomic E-state index is -0.452. The van der Waals surface area contributed by atoms with E-state index in [0.29, 0.717) is 6.42 Å². The highest BCUT2D eigenvalue weighted by atomic mass is 16.5. The molecule has 0 bridgehead atoms. The minimum Gasteiger partial charge on any atom is -0.458 e. The molecule has 0 saturated heterocycles. The second-order valence-electron chi connectivity index (χ2n) is 7.62. The van der Waals surface area contributed by atoms with Crippen LogP contribution in [-0.2, 0) is 14.3 Å². The molecule has 1 atom stereocenters. The molecule has 23 heavy (non-hydrogen) atoms. The molecule has 0 heterocycles. The van der Waals surface area contributed by atoms with Crippen molar-refractivity contribution >= 4 is 11.8 Å². The van der Waals surface area contributed by atoms with E-state index >= 15 is 0 Å². The number of hydrogen-bond acceptors (Lipinski definition) is 3. The van der Waals surface area contributed by atoms with E-state index in [9.17, 15) is 9.59 Å². The van der Waals surface area contributed by atoms with Gasteiger partial charge in [-0.3, -0.25) is 9.59 Å². The molecule has 3 heteroatoms. The molecule has 0 aromatic heterocycles. The third kappa shape index (κ3) is 5.78. The molecule has 0 aromatic carbocycles. The Balaban J connectivity index is 2.17. The minimum absolute atomic E-state index is 0.0282. The summed E-state index contributed by atoms with van der Waals surface area (Å²) < 4.78 is 5.20. The predicted octanol–water partition coefficient (Wildman–Crippen LogP) is 5.23. The SMILES string of the molecule is CCCCCCCCCC(=O)OCC(=O)[C@]1(C)CC=CC1(C)C. The lowest BCUT2D eigenvalue weighted by Gasteiger charge is -2.36. The van der Waals surface area contributed by atoms with Crippen molar-refractivity contribution in [3.63, 3.8) is 0 Å². The molecule has 0 amide bonds. The van der Waals surface area contributed by atoms with Crippen molar-refractivity contribution in [2.24, 2.45) is 10.8 Å². The molecule has 0 spiro atoms. The van der Waals surface area contributed by atoms with Crippen molar-refractivity contribution in [2.45, 2.75) is 85.5 Å². The average Bonchev–Trinajstić information content (AvgIpc) is 2.78. The first kappa shape index (κ1) is 19.9. The zero-order valence-corrected chi connectivity index (χ0v) is 15.5. The first-order valence-electron chi connectivity index (χ1n) is 9.20.